The van der Waals surface area contributed by atoms with E-state index in [2.05, 4.69) is 5.32 Å². The summed E-state index contributed by atoms with van der Waals surface area (Å²) >= 11 is 0. The van der Waals surface area contributed by atoms with Crippen LogP contribution >= 0.6 is 0 Å². The zero-order valence-electron chi connectivity index (χ0n) is 16.6. The van der Waals surface area contributed by atoms with Crippen LogP contribution in [0.25, 0.3) is 0 Å². The number of allylic oxidation sites excluding steroid dienone is 1. The Labute approximate surface area is 178 Å². The van der Waals surface area contributed by atoms with Crippen LogP contribution in [0.15, 0.2) is 77.4 Å². The van der Waals surface area contributed by atoms with Crippen LogP contribution in [0.2, 0.25) is 0 Å². The average molecular weight is 416 g/mol. The Hall–Kier alpha value is -3.87. The van der Waals surface area contributed by atoms with Crippen LogP contribution in [0.3, 0.4) is 0 Å². The summed E-state index contributed by atoms with van der Waals surface area (Å²) in [4.78, 5) is 39.9. The maximum Gasteiger partial charge on any atom is 0.341 e. The molecular weight excluding hydrogens is 396 g/mol. The van der Waals surface area contributed by atoms with Gasteiger partial charge in [0.2, 0.25) is 11.8 Å². The minimum Gasteiger partial charge on any atom is -0.457 e. The van der Waals surface area contributed by atoms with Crippen LogP contribution in [0.4, 0.5) is 5.69 Å². The number of Topliss-reactive ketones (excluding diaryl/α,β-unsaturated/α-hetero) is 1. The Bertz CT molecular complexity index is 1180. The minimum absolute atomic E-state index is 0.00432. The van der Waals surface area contributed by atoms with Gasteiger partial charge >= 0.3 is 5.97 Å². The molecule has 5 rings (SSSR count). The van der Waals surface area contributed by atoms with E-state index in [0.717, 1.165) is 5.56 Å². The van der Waals surface area contributed by atoms with Crippen LogP contribution in [-0.2, 0) is 35.9 Å². The van der Waals surface area contributed by atoms with E-state index in [-0.39, 0.29) is 35.8 Å². The number of esters is 1. The maximum absolute atomic E-state index is 13.5. The summed E-state index contributed by atoms with van der Waals surface area (Å²) in [6.07, 6.45) is 1.33. The molecule has 0 bridgehead atoms. The van der Waals surface area contributed by atoms with Crippen LogP contribution in [0.1, 0.15) is 30.4 Å². The third kappa shape index (κ3) is 2.77. The predicted octanol–water partition coefficient (Wildman–Crippen LogP) is 2.83. The second-order valence-electron chi connectivity index (χ2n) is 7.73. The molecule has 0 unspecified atom stereocenters. The first-order valence-electron chi connectivity index (χ1n) is 10.1. The Kier molecular flexibility index (Phi) is 4.39. The smallest absolute Gasteiger partial charge is 0.341 e. The predicted molar refractivity (Wildman–Crippen MR) is 111 cm³/mol. The highest BCUT2D eigenvalue weighted by atomic mass is 16.5. The molecule has 0 saturated heterocycles. The zero-order valence-corrected chi connectivity index (χ0v) is 16.6. The number of nitrogens with one attached hydrogen (secondary N) is 1. The van der Waals surface area contributed by atoms with E-state index in [1.807, 2.05) is 30.3 Å². The summed E-state index contributed by atoms with van der Waals surface area (Å²) in [5.41, 5.74) is 6.37. The Balaban J connectivity index is 1.66. The fourth-order valence-electron chi connectivity index (χ4n) is 4.63. The molecule has 0 fully saturated rings. The number of hydrogen-bond acceptors (Lipinski definition) is 6. The molecule has 1 spiro atoms. The molecule has 1 atom stereocenters. The first kappa shape index (κ1) is 19.1. The van der Waals surface area contributed by atoms with E-state index < -0.39 is 17.3 Å². The lowest BCUT2D eigenvalue weighted by Crippen LogP contribution is -2.49. The lowest BCUT2D eigenvalue weighted by molar-refractivity contribution is -0.142. The molecule has 0 aromatic heterocycles. The van der Waals surface area contributed by atoms with Gasteiger partial charge in [0, 0.05) is 24.1 Å². The molecule has 7 nitrogen and oxygen atoms in total. The molecule has 0 saturated carbocycles. The number of hydrogen-bond donors (Lipinski definition) is 2. The minimum atomic E-state index is -1.68. The van der Waals surface area contributed by atoms with E-state index in [1.54, 1.807) is 24.3 Å². The van der Waals surface area contributed by atoms with E-state index >= 15 is 0 Å². The number of amides is 1. The van der Waals surface area contributed by atoms with Crippen molar-refractivity contribution in [2.24, 2.45) is 5.73 Å². The standard InChI is InChI=1S/C24H20N2O5/c25-21-20(22(28)30-13-14-7-2-1-3-8-14)24(19-17(27)11-6-12-18(19)31-21)15-9-4-5-10-16(15)26-23(24)29/h1-5,7-10H,6,11-13,25H2,(H,26,29)/t24-/m0/s1. The van der Waals surface area contributed by atoms with Gasteiger partial charge in [-0.2, -0.15) is 0 Å². The molecular formula is C24H20N2O5. The van der Waals surface area contributed by atoms with E-state index in [0.29, 0.717) is 29.9 Å². The largest absolute Gasteiger partial charge is 0.457 e. The van der Waals surface area contributed by atoms with Crippen molar-refractivity contribution in [3.8, 4) is 0 Å². The van der Waals surface area contributed by atoms with Crippen molar-refractivity contribution < 1.29 is 23.9 Å². The van der Waals surface area contributed by atoms with Gasteiger partial charge in [0.15, 0.2) is 5.78 Å². The highest BCUT2D eigenvalue weighted by molar-refractivity contribution is 6.22. The molecule has 1 aliphatic carbocycles. The highest BCUT2D eigenvalue weighted by Crippen LogP contribution is 2.54. The number of rotatable bonds is 3. The number of benzene rings is 2. The number of fused-ring (bicyclic) bond motifs is 3. The second-order valence-corrected chi connectivity index (χ2v) is 7.73. The Morgan fingerprint density at radius 1 is 1.06 bits per heavy atom. The van der Waals surface area contributed by atoms with E-state index in [1.165, 1.54) is 0 Å². The summed E-state index contributed by atoms with van der Waals surface area (Å²) in [6.45, 7) is -0.00432. The Morgan fingerprint density at radius 2 is 1.81 bits per heavy atom. The maximum atomic E-state index is 13.5. The summed E-state index contributed by atoms with van der Waals surface area (Å²) in [6, 6.07) is 16.2. The number of nitrogens with two attached hydrogens (primary N) is 1. The molecule has 2 aromatic rings. The lowest BCUT2D eigenvalue weighted by Gasteiger charge is -2.38. The summed E-state index contributed by atoms with van der Waals surface area (Å²) in [5.74, 6) is -1.39. The SMILES string of the molecule is NC1=C(C(=O)OCc2ccccc2)[C@@]2(C(=O)Nc3ccccc32)C2=C(CCCC2=O)O1. The number of carbonyl (C=O) groups excluding carboxylic acids is 3. The van der Waals surface area contributed by atoms with Crippen LogP contribution in [0.5, 0.6) is 0 Å². The summed E-state index contributed by atoms with van der Waals surface area (Å²) in [7, 11) is 0. The van der Waals surface area contributed by atoms with Crippen molar-refractivity contribution in [2.45, 2.75) is 31.3 Å². The van der Waals surface area contributed by atoms with Gasteiger partial charge in [0.1, 0.15) is 23.4 Å². The molecule has 3 aliphatic rings. The monoisotopic (exact) mass is 416 g/mol. The fourth-order valence-corrected chi connectivity index (χ4v) is 4.63. The summed E-state index contributed by atoms with van der Waals surface area (Å²) in [5, 5.41) is 2.81. The molecule has 7 heteroatoms. The highest BCUT2D eigenvalue weighted by Gasteiger charge is 2.61. The van der Waals surface area contributed by atoms with Gasteiger partial charge in [-0.25, -0.2) is 4.79 Å². The summed E-state index contributed by atoms with van der Waals surface area (Å²) < 4.78 is 11.3. The van der Waals surface area contributed by atoms with Crippen molar-refractivity contribution >= 4 is 23.3 Å². The molecule has 3 N–H and O–H groups in total. The molecule has 156 valence electrons. The molecule has 1 amide bonds. The second kappa shape index (κ2) is 7.12. The van der Waals surface area contributed by atoms with Crippen LogP contribution in [-0.4, -0.2) is 17.7 Å². The third-order valence-electron chi connectivity index (χ3n) is 5.93. The first-order valence-corrected chi connectivity index (χ1v) is 10.1. The molecule has 2 aliphatic heterocycles. The van der Waals surface area contributed by atoms with Gasteiger partial charge in [-0.05, 0) is 18.1 Å². The fraction of sp³-hybridized carbons (Fsp3) is 0.208. The normalized spacial score (nSPS) is 22.1. The van der Waals surface area contributed by atoms with Gasteiger partial charge in [-0.3, -0.25) is 9.59 Å². The van der Waals surface area contributed by atoms with Crippen molar-refractivity contribution in [3.63, 3.8) is 0 Å². The molecule has 2 aromatic carbocycles. The van der Waals surface area contributed by atoms with Gasteiger partial charge in [0.05, 0.1) is 5.57 Å². The van der Waals surface area contributed by atoms with Crippen molar-refractivity contribution in [1.29, 1.82) is 0 Å². The lowest BCUT2D eigenvalue weighted by atomic mass is 9.65. The topological polar surface area (TPSA) is 108 Å². The molecule has 2 heterocycles. The number of para-hydroxylation sites is 1. The van der Waals surface area contributed by atoms with Gasteiger partial charge in [-0.15, -0.1) is 0 Å². The van der Waals surface area contributed by atoms with E-state index in [4.69, 9.17) is 15.2 Å². The Morgan fingerprint density at radius 3 is 2.61 bits per heavy atom. The zero-order chi connectivity index (χ0) is 21.6. The number of ether oxygens (including phenoxy) is 2. The van der Waals surface area contributed by atoms with Crippen molar-refractivity contribution in [1.82, 2.24) is 0 Å². The third-order valence-corrected chi connectivity index (χ3v) is 5.93. The van der Waals surface area contributed by atoms with Crippen LogP contribution < -0.4 is 11.1 Å². The van der Waals surface area contributed by atoms with Gasteiger partial charge < -0.3 is 20.5 Å². The number of carbonyl (C=O) groups is 3. The van der Waals surface area contributed by atoms with Gasteiger partial charge in [-0.1, -0.05) is 48.5 Å². The average Bonchev–Trinajstić information content (AvgIpc) is 3.05. The van der Waals surface area contributed by atoms with E-state index in [9.17, 15) is 14.4 Å². The van der Waals surface area contributed by atoms with Crippen LogP contribution in [0, 0.1) is 0 Å². The number of anilines is 1. The van der Waals surface area contributed by atoms with Crippen molar-refractivity contribution in [2.75, 3.05) is 5.32 Å². The quantitative estimate of drug-likeness (QED) is 0.745. The first-order chi connectivity index (χ1) is 15.0. The molecule has 31 heavy (non-hydrogen) atoms. The van der Waals surface area contributed by atoms with Crippen molar-refractivity contribution in [3.05, 3.63) is 88.5 Å². The number of ketones is 1. The molecule has 0 radical (unpaired) electrons. The van der Waals surface area contributed by atoms with Gasteiger partial charge in [0.25, 0.3) is 0 Å².